The maximum Gasteiger partial charge on any atom is 0.134 e. The minimum Gasteiger partial charge on any atom is -0.530 e. The molecule has 0 radical (unpaired) electrons. The molecule has 1 aromatic heterocycles. The molecule has 1 heterocycles. The molecule has 0 saturated carbocycles. The molecule has 0 aliphatic rings. The Labute approximate surface area is 103 Å². The summed E-state index contributed by atoms with van der Waals surface area (Å²) in [4.78, 5) is 14.2. The summed E-state index contributed by atoms with van der Waals surface area (Å²) in [6, 6.07) is 7.25. The van der Waals surface area contributed by atoms with Crippen LogP contribution in [-0.2, 0) is 0 Å². The Balaban J connectivity index is 2.13. The predicted octanol–water partition coefficient (Wildman–Crippen LogP) is 0.129. The number of nitrogens with one attached hydrogen (secondary N) is 1. The number of benzene rings is 1. The van der Waals surface area contributed by atoms with Gasteiger partial charge in [0.1, 0.15) is 24.3 Å². The van der Waals surface area contributed by atoms with Gasteiger partial charge in [-0.2, -0.15) is 0 Å². The lowest BCUT2D eigenvalue weighted by Crippen LogP contribution is -2.38. The zero-order valence-corrected chi connectivity index (χ0v) is 9.55. The largest absolute Gasteiger partial charge is 0.530 e. The van der Waals surface area contributed by atoms with Crippen LogP contribution in [0.25, 0.3) is 10.8 Å². The molecule has 0 unspecified atom stereocenters. The van der Waals surface area contributed by atoms with Crippen molar-refractivity contribution in [3.63, 3.8) is 0 Å². The molecular formula is C12H12N3O3-. The highest BCUT2D eigenvalue weighted by atomic mass is 16.5. The number of carboxylic acid groups (broad SMARTS) is 1. The van der Waals surface area contributed by atoms with Crippen molar-refractivity contribution >= 4 is 22.7 Å². The minimum absolute atomic E-state index is 0.166. The van der Waals surface area contributed by atoms with E-state index in [1.165, 1.54) is 0 Å². The van der Waals surface area contributed by atoms with Crippen LogP contribution < -0.4 is 20.9 Å². The van der Waals surface area contributed by atoms with Crippen LogP contribution in [0.2, 0.25) is 0 Å². The van der Waals surface area contributed by atoms with Crippen LogP contribution in [0, 0.1) is 0 Å². The Kier molecular flexibility index (Phi) is 3.47. The summed E-state index contributed by atoms with van der Waals surface area (Å²) in [5, 5.41) is 13.9. The van der Waals surface area contributed by atoms with E-state index in [1.54, 1.807) is 18.3 Å². The van der Waals surface area contributed by atoms with Crippen LogP contribution in [-0.4, -0.2) is 24.2 Å². The lowest BCUT2D eigenvalue weighted by Gasteiger charge is -2.11. The average molecular weight is 246 g/mol. The third-order valence-electron chi connectivity index (χ3n) is 2.43. The van der Waals surface area contributed by atoms with Crippen molar-refractivity contribution in [1.82, 2.24) is 10.3 Å². The SMILES string of the molecule is Nc1nccc2c(OCCNC(=O)[O-])cccc12. The zero-order valence-electron chi connectivity index (χ0n) is 9.55. The Morgan fingerprint density at radius 2 is 2.22 bits per heavy atom. The van der Waals surface area contributed by atoms with Gasteiger partial charge in [0, 0.05) is 17.0 Å². The topological polar surface area (TPSA) is 100 Å². The zero-order chi connectivity index (χ0) is 13.0. The summed E-state index contributed by atoms with van der Waals surface area (Å²) in [5.74, 6) is 1.08. The second-order valence-electron chi connectivity index (χ2n) is 3.61. The van der Waals surface area contributed by atoms with Gasteiger partial charge >= 0.3 is 0 Å². The molecule has 0 aliphatic carbocycles. The fourth-order valence-corrected chi connectivity index (χ4v) is 1.64. The maximum atomic E-state index is 10.2. The van der Waals surface area contributed by atoms with E-state index in [9.17, 15) is 9.90 Å². The van der Waals surface area contributed by atoms with Crippen molar-refractivity contribution in [3.05, 3.63) is 30.5 Å². The van der Waals surface area contributed by atoms with Crippen molar-refractivity contribution in [3.8, 4) is 5.75 Å². The first-order chi connectivity index (χ1) is 8.68. The van der Waals surface area contributed by atoms with Crippen LogP contribution in [0.5, 0.6) is 5.75 Å². The summed E-state index contributed by atoms with van der Waals surface area (Å²) < 4.78 is 5.49. The van der Waals surface area contributed by atoms with E-state index in [0.29, 0.717) is 11.6 Å². The molecule has 0 aliphatic heterocycles. The average Bonchev–Trinajstić information content (AvgIpc) is 2.35. The third-order valence-corrected chi connectivity index (χ3v) is 2.43. The second-order valence-corrected chi connectivity index (χ2v) is 3.61. The Morgan fingerprint density at radius 1 is 1.39 bits per heavy atom. The van der Waals surface area contributed by atoms with Crippen LogP contribution in [0.1, 0.15) is 0 Å². The molecule has 0 spiro atoms. The Hall–Kier alpha value is -2.50. The molecule has 18 heavy (non-hydrogen) atoms. The normalized spacial score (nSPS) is 10.2. The maximum absolute atomic E-state index is 10.2. The highest BCUT2D eigenvalue weighted by Crippen LogP contribution is 2.27. The first-order valence-corrected chi connectivity index (χ1v) is 5.39. The van der Waals surface area contributed by atoms with Crippen LogP contribution in [0.3, 0.4) is 0 Å². The molecule has 0 atom stereocenters. The van der Waals surface area contributed by atoms with Crippen molar-refractivity contribution in [1.29, 1.82) is 0 Å². The summed E-state index contributed by atoms with van der Waals surface area (Å²) >= 11 is 0. The molecule has 0 fully saturated rings. The van der Waals surface area contributed by atoms with Gasteiger partial charge in [-0.15, -0.1) is 0 Å². The predicted molar refractivity (Wildman–Crippen MR) is 65.0 cm³/mol. The fraction of sp³-hybridized carbons (Fsp3) is 0.167. The number of anilines is 1. The molecule has 2 aromatic rings. The number of carbonyl (C=O) groups is 1. The molecule has 3 N–H and O–H groups in total. The van der Waals surface area contributed by atoms with Gasteiger partial charge < -0.3 is 25.7 Å². The van der Waals surface area contributed by atoms with Crippen molar-refractivity contribution in [2.75, 3.05) is 18.9 Å². The molecular weight excluding hydrogens is 234 g/mol. The summed E-state index contributed by atoms with van der Waals surface area (Å²) in [5.41, 5.74) is 5.75. The quantitative estimate of drug-likeness (QED) is 0.747. The second kappa shape index (κ2) is 5.22. The number of pyridine rings is 1. The number of nitrogens with zero attached hydrogens (tertiary/aromatic N) is 1. The number of fused-ring (bicyclic) bond motifs is 1. The monoisotopic (exact) mass is 246 g/mol. The number of hydrogen-bond acceptors (Lipinski definition) is 5. The number of aromatic nitrogens is 1. The van der Waals surface area contributed by atoms with E-state index in [1.807, 2.05) is 12.1 Å². The molecule has 0 saturated heterocycles. The van der Waals surface area contributed by atoms with Gasteiger partial charge in [-0.1, -0.05) is 12.1 Å². The van der Waals surface area contributed by atoms with Gasteiger partial charge in [0.25, 0.3) is 0 Å². The number of nitrogen functional groups attached to an aromatic ring is 1. The van der Waals surface area contributed by atoms with Gasteiger partial charge in [0.2, 0.25) is 0 Å². The summed E-state index contributed by atoms with van der Waals surface area (Å²) in [7, 11) is 0. The van der Waals surface area contributed by atoms with E-state index in [2.05, 4.69) is 10.3 Å². The number of amides is 1. The van der Waals surface area contributed by atoms with Gasteiger partial charge in [-0.3, -0.25) is 0 Å². The van der Waals surface area contributed by atoms with E-state index < -0.39 is 6.09 Å². The number of nitrogens with two attached hydrogens (primary N) is 1. The van der Waals surface area contributed by atoms with Gasteiger partial charge in [-0.05, 0) is 12.1 Å². The lowest BCUT2D eigenvalue weighted by atomic mass is 10.1. The van der Waals surface area contributed by atoms with Crippen LogP contribution >= 0.6 is 0 Å². The molecule has 6 nitrogen and oxygen atoms in total. The smallest absolute Gasteiger partial charge is 0.134 e. The Morgan fingerprint density at radius 3 is 3.00 bits per heavy atom. The van der Waals surface area contributed by atoms with Gasteiger partial charge in [-0.25, -0.2) is 4.98 Å². The van der Waals surface area contributed by atoms with Crippen molar-refractivity contribution in [2.45, 2.75) is 0 Å². The lowest BCUT2D eigenvalue weighted by molar-refractivity contribution is -0.250. The van der Waals surface area contributed by atoms with E-state index in [4.69, 9.17) is 10.5 Å². The number of rotatable bonds is 4. The molecule has 6 heteroatoms. The minimum atomic E-state index is -1.31. The summed E-state index contributed by atoms with van der Waals surface area (Å²) in [6.45, 7) is 0.384. The number of hydrogen-bond donors (Lipinski definition) is 2. The molecule has 1 aromatic carbocycles. The highest BCUT2D eigenvalue weighted by Gasteiger charge is 2.04. The number of carbonyl (C=O) groups excluding carboxylic acids is 1. The molecule has 0 bridgehead atoms. The van der Waals surface area contributed by atoms with Crippen molar-refractivity contribution in [2.24, 2.45) is 0 Å². The van der Waals surface area contributed by atoms with E-state index in [-0.39, 0.29) is 13.2 Å². The Bertz CT molecular complexity index is 571. The third kappa shape index (κ3) is 2.60. The standard InChI is InChI=1S/C12H13N3O3/c13-11-9-2-1-3-10(8(9)4-5-14-11)18-7-6-15-12(16)17/h1-5,15H,6-7H2,(H2,13,14)(H,16,17)/p-1. The van der Waals surface area contributed by atoms with Crippen molar-refractivity contribution < 1.29 is 14.6 Å². The van der Waals surface area contributed by atoms with E-state index >= 15 is 0 Å². The molecule has 1 amide bonds. The first-order valence-electron chi connectivity index (χ1n) is 5.39. The number of ether oxygens (including phenoxy) is 1. The fourth-order valence-electron chi connectivity index (χ4n) is 1.64. The van der Waals surface area contributed by atoms with Crippen LogP contribution in [0.4, 0.5) is 10.6 Å². The molecule has 94 valence electrons. The van der Waals surface area contributed by atoms with Crippen LogP contribution in [0.15, 0.2) is 30.5 Å². The highest BCUT2D eigenvalue weighted by molar-refractivity contribution is 5.94. The van der Waals surface area contributed by atoms with E-state index in [0.717, 1.165) is 10.8 Å². The first kappa shape index (κ1) is 12.0. The van der Waals surface area contributed by atoms with Gasteiger partial charge in [0.15, 0.2) is 0 Å². The molecule has 2 rings (SSSR count). The summed E-state index contributed by atoms with van der Waals surface area (Å²) in [6.07, 6.45) is 0.286. The van der Waals surface area contributed by atoms with Gasteiger partial charge in [0.05, 0.1) is 6.54 Å².